The summed E-state index contributed by atoms with van der Waals surface area (Å²) in [5.74, 6) is -0.0648. The topological polar surface area (TPSA) is 35.6 Å². The van der Waals surface area contributed by atoms with Gasteiger partial charge in [0.05, 0.1) is 0 Å². The normalized spacial score (nSPS) is 16.1. The first-order valence-corrected chi connectivity index (χ1v) is 8.48. The highest BCUT2D eigenvalue weighted by Crippen LogP contribution is 2.13. The van der Waals surface area contributed by atoms with E-state index >= 15 is 0 Å². The van der Waals surface area contributed by atoms with Crippen LogP contribution in [0.2, 0.25) is 0 Å². The maximum Gasteiger partial charge on any atom is 0.255 e. The molecule has 0 spiro atoms. The second-order valence-corrected chi connectivity index (χ2v) is 6.60. The molecule has 1 saturated heterocycles. The Hall–Kier alpha value is -2.17. The van der Waals surface area contributed by atoms with E-state index in [1.54, 1.807) is 0 Å². The van der Waals surface area contributed by atoms with Crippen molar-refractivity contribution in [1.82, 2.24) is 9.80 Å². The van der Waals surface area contributed by atoms with Gasteiger partial charge in [-0.2, -0.15) is 0 Å². The third-order valence-electron chi connectivity index (χ3n) is 4.53. The molecule has 4 nitrogen and oxygen atoms in total. The summed E-state index contributed by atoms with van der Waals surface area (Å²) in [5, 5.41) is 2.94. The molecule has 1 amide bonds. The molecule has 2 aromatic rings. The van der Waals surface area contributed by atoms with E-state index < -0.39 is 0 Å². The number of nitrogens with one attached hydrogen (secondary N) is 1. The highest BCUT2D eigenvalue weighted by molar-refractivity contribution is 6.04. The van der Waals surface area contributed by atoms with Crippen molar-refractivity contribution in [1.29, 1.82) is 0 Å². The molecule has 24 heavy (non-hydrogen) atoms. The average molecular weight is 323 g/mol. The lowest BCUT2D eigenvalue weighted by molar-refractivity contribution is 0.102. The summed E-state index contributed by atoms with van der Waals surface area (Å²) in [6.07, 6.45) is 0. The van der Waals surface area contributed by atoms with Gasteiger partial charge in [-0.15, -0.1) is 0 Å². The molecule has 1 aliphatic heterocycles. The first-order valence-electron chi connectivity index (χ1n) is 8.48. The summed E-state index contributed by atoms with van der Waals surface area (Å²) in [6.45, 7) is 7.44. The lowest BCUT2D eigenvalue weighted by Crippen LogP contribution is -2.43. The van der Waals surface area contributed by atoms with E-state index in [4.69, 9.17) is 0 Å². The van der Waals surface area contributed by atoms with Crippen LogP contribution in [0.1, 0.15) is 21.5 Å². The van der Waals surface area contributed by atoms with Gasteiger partial charge in [0, 0.05) is 44.0 Å². The number of carbonyl (C=O) groups is 1. The zero-order valence-electron chi connectivity index (χ0n) is 14.5. The fourth-order valence-corrected chi connectivity index (χ4v) is 2.87. The molecule has 126 valence electrons. The quantitative estimate of drug-likeness (QED) is 0.939. The van der Waals surface area contributed by atoms with Crippen LogP contribution in [-0.4, -0.2) is 48.9 Å². The number of hydrogen-bond acceptors (Lipinski definition) is 3. The molecule has 0 radical (unpaired) electrons. The Morgan fingerprint density at radius 1 is 0.958 bits per heavy atom. The van der Waals surface area contributed by atoms with Crippen molar-refractivity contribution in [2.45, 2.75) is 13.5 Å². The number of piperazine rings is 1. The van der Waals surface area contributed by atoms with Crippen molar-refractivity contribution in [2.75, 3.05) is 38.5 Å². The second-order valence-electron chi connectivity index (χ2n) is 6.60. The number of anilines is 1. The molecule has 0 unspecified atom stereocenters. The fraction of sp³-hybridized carbons (Fsp3) is 0.350. The van der Waals surface area contributed by atoms with E-state index in [9.17, 15) is 4.79 Å². The van der Waals surface area contributed by atoms with Crippen molar-refractivity contribution < 1.29 is 4.79 Å². The predicted octanol–water partition coefficient (Wildman–Crippen LogP) is 2.99. The first-order chi connectivity index (χ1) is 11.6. The summed E-state index contributed by atoms with van der Waals surface area (Å²) in [4.78, 5) is 17.1. The molecule has 3 rings (SSSR count). The lowest BCUT2D eigenvalue weighted by Gasteiger charge is -2.32. The number of likely N-dealkylation sites (N-methyl/N-ethyl adjacent to an activating group) is 1. The van der Waals surface area contributed by atoms with Gasteiger partial charge in [-0.05, 0) is 43.8 Å². The van der Waals surface area contributed by atoms with Gasteiger partial charge in [-0.25, -0.2) is 0 Å². The van der Waals surface area contributed by atoms with Crippen LogP contribution in [0.25, 0.3) is 0 Å². The Balaban J connectivity index is 1.57. The third-order valence-corrected chi connectivity index (χ3v) is 4.53. The highest BCUT2D eigenvalue weighted by atomic mass is 16.1. The molecule has 0 atom stereocenters. The number of amides is 1. The molecule has 4 heteroatoms. The monoisotopic (exact) mass is 323 g/mol. The predicted molar refractivity (Wildman–Crippen MR) is 98.3 cm³/mol. The molecule has 2 aromatic carbocycles. The Morgan fingerprint density at radius 2 is 1.58 bits per heavy atom. The van der Waals surface area contributed by atoms with Gasteiger partial charge >= 0.3 is 0 Å². The van der Waals surface area contributed by atoms with Gasteiger partial charge in [0.25, 0.3) is 5.91 Å². The molecule has 1 N–H and O–H groups in total. The van der Waals surface area contributed by atoms with Crippen molar-refractivity contribution in [3.05, 3.63) is 65.2 Å². The second kappa shape index (κ2) is 7.60. The summed E-state index contributed by atoms with van der Waals surface area (Å²) >= 11 is 0. The third kappa shape index (κ3) is 4.43. The average Bonchev–Trinajstić information content (AvgIpc) is 2.59. The van der Waals surface area contributed by atoms with Gasteiger partial charge in [0.15, 0.2) is 0 Å². The molecule has 0 bridgehead atoms. The van der Waals surface area contributed by atoms with Crippen molar-refractivity contribution in [3.63, 3.8) is 0 Å². The standard InChI is InChI=1S/C20H25N3O/c1-16-3-9-19(10-4-16)21-20(24)18-7-5-17(6-8-18)15-23-13-11-22(2)12-14-23/h3-10H,11-15H2,1-2H3,(H,21,24). The Labute approximate surface area is 144 Å². The zero-order valence-corrected chi connectivity index (χ0v) is 14.5. The molecular weight excluding hydrogens is 298 g/mol. The van der Waals surface area contributed by atoms with Crippen LogP contribution in [0.15, 0.2) is 48.5 Å². The molecule has 0 aromatic heterocycles. The summed E-state index contributed by atoms with van der Waals surface area (Å²) in [6, 6.07) is 15.8. The van der Waals surface area contributed by atoms with Crippen LogP contribution < -0.4 is 5.32 Å². The summed E-state index contributed by atoms with van der Waals surface area (Å²) in [7, 11) is 2.17. The van der Waals surface area contributed by atoms with Crippen molar-refractivity contribution in [2.24, 2.45) is 0 Å². The van der Waals surface area contributed by atoms with E-state index in [-0.39, 0.29) is 5.91 Å². The Kier molecular flexibility index (Phi) is 5.28. The van der Waals surface area contributed by atoms with E-state index in [1.165, 1.54) is 11.1 Å². The zero-order chi connectivity index (χ0) is 16.9. The minimum atomic E-state index is -0.0648. The minimum Gasteiger partial charge on any atom is -0.322 e. The number of benzene rings is 2. The molecule has 0 aliphatic carbocycles. The molecule has 1 aliphatic rings. The summed E-state index contributed by atoms with van der Waals surface area (Å²) < 4.78 is 0. The van der Waals surface area contributed by atoms with Gasteiger partial charge in [0.1, 0.15) is 0 Å². The SMILES string of the molecule is Cc1ccc(NC(=O)c2ccc(CN3CCN(C)CC3)cc2)cc1. The largest absolute Gasteiger partial charge is 0.322 e. The fourth-order valence-electron chi connectivity index (χ4n) is 2.87. The number of aryl methyl sites for hydroxylation is 1. The van der Waals surface area contributed by atoms with Crippen LogP contribution in [0, 0.1) is 6.92 Å². The molecule has 1 fully saturated rings. The van der Waals surface area contributed by atoms with Crippen molar-refractivity contribution >= 4 is 11.6 Å². The van der Waals surface area contributed by atoms with Gasteiger partial charge in [-0.3, -0.25) is 9.69 Å². The maximum atomic E-state index is 12.3. The van der Waals surface area contributed by atoms with Crippen LogP contribution in [0.4, 0.5) is 5.69 Å². The maximum absolute atomic E-state index is 12.3. The molecule has 1 heterocycles. The molecular formula is C20H25N3O. The number of carbonyl (C=O) groups excluding carboxylic acids is 1. The smallest absolute Gasteiger partial charge is 0.255 e. The van der Waals surface area contributed by atoms with Gasteiger partial charge < -0.3 is 10.2 Å². The number of rotatable bonds is 4. The van der Waals surface area contributed by atoms with Crippen LogP contribution >= 0.6 is 0 Å². The summed E-state index contributed by atoms with van der Waals surface area (Å²) in [5.41, 5.74) is 3.96. The highest BCUT2D eigenvalue weighted by Gasteiger charge is 2.14. The van der Waals surface area contributed by atoms with Crippen LogP contribution in [-0.2, 0) is 6.54 Å². The minimum absolute atomic E-state index is 0.0648. The first kappa shape index (κ1) is 16.7. The Bertz CT molecular complexity index is 671. The Morgan fingerprint density at radius 3 is 2.21 bits per heavy atom. The van der Waals surface area contributed by atoms with Gasteiger partial charge in [-0.1, -0.05) is 29.8 Å². The van der Waals surface area contributed by atoms with Crippen molar-refractivity contribution in [3.8, 4) is 0 Å². The van der Waals surface area contributed by atoms with E-state index in [2.05, 4.69) is 34.3 Å². The van der Waals surface area contributed by atoms with Crippen LogP contribution in [0.3, 0.4) is 0 Å². The van der Waals surface area contributed by atoms with E-state index in [0.717, 1.165) is 38.4 Å². The number of hydrogen-bond donors (Lipinski definition) is 1. The van der Waals surface area contributed by atoms with Crippen LogP contribution in [0.5, 0.6) is 0 Å². The molecule has 0 saturated carbocycles. The van der Waals surface area contributed by atoms with E-state index in [0.29, 0.717) is 5.56 Å². The van der Waals surface area contributed by atoms with E-state index in [1.807, 2.05) is 43.3 Å². The lowest BCUT2D eigenvalue weighted by atomic mass is 10.1. The number of nitrogens with zero attached hydrogens (tertiary/aromatic N) is 2. The van der Waals surface area contributed by atoms with Gasteiger partial charge in [0.2, 0.25) is 0 Å².